The highest BCUT2D eigenvalue weighted by Gasteiger charge is 2.26. The van der Waals surface area contributed by atoms with Crippen molar-refractivity contribution in [3.05, 3.63) is 41.3 Å². The maximum Gasteiger partial charge on any atom is 0.321 e. The van der Waals surface area contributed by atoms with Crippen LogP contribution in [0.3, 0.4) is 0 Å². The van der Waals surface area contributed by atoms with Crippen LogP contribution in [0.2, 0.25) is 0 Å². The van der Waals surface area contributed by atoms with Gasteiger partial charge in [-0.25, -0.2) is 13.1 Å². The van der Waals surface area contributed by atoms with E-state index in [1.165, 1.54) is 6.08 Å². The molecule has 1 aliphatic heterocycles. The molecule has 1 aromatic rings. The van der Waals surface area contributed by atoms with Crippen molar-refractivity contribution >= 4 is 28.0 Å². The Morgan fingerprint density at radius 3 is 2.44 bits per heavy atom. The Morgan fingerprint density at radius 1 is 1.19 bits per heavy atom. The molecule has 1 aliphatic rings. The number of likely N-dealkylation sites (tertiary alicyclic amines) is 1. The standard InChI is InChI=1S/C19H26N2O5S/c1-15-10-16(2)13-21(12-15)18(22)14-26-19(23)11-20-27(24,25)9-8-17-6-4-3-5-7-17/h3-9,15-16,20H,10-14H2,1-2H3. The first-order valence-corrected chi connectivity index (χ1v) is 10.5. The molecule has 1 aromatic carbocycles. The van der Waals surface area contributed by atoms with Crippen LogP contribution < -0.4 is 4.72 Å². The zero-order valence-corrected chi connectivity index (χ0v) is 16.4. The van der Waals surface area contributed by atoms with Crippen LogP contribution in [0.1, 0.15) is 25.8 Å². The lowest BCUT2D eigenvalue weighted by atomic mass is 9.92. The number of hydrogen-bond acceptors (Lipinski definition) is 5. The van der Waals surface area contributed by atoms with E-state index in [1.54, 1.807) is 29.2 Å². The minimum atomic E-state index is -3.78. The number of esters is 1. The highest BCUT2D eigenvalue weighted by Crippen LogP contribution is 2.20. The van der Waals surface area contributed by atoms with E-state index in [9.17, 15) is 18.0 Å². The number of carbonyl (C=O) groups excluding carboxylic acids is 2. The van der Waals surface area contributed by atoms with Crippen molar-refractivity contribution in [2.24, 2.45) is 11.8 Å². The number of nitrogens with zero attached hydrogens (tertiary/aromatic N) is 1. The summed E-state index contributed by atoms with van der Waals surface area (Å²) in [5.74, 6) is -0.222. The van der Waals surface area contributed by atoms with E-state index in [-0.39, 0.29) is 12.5 Å². The number of sulfonamides is 1. The zero-order chi connectivity index (χ0) is 19.9. The molecule has 0 spiro atoms. The molecular formula is C19H26N2O5S. The van der Waals surface area contributed by atoms with E-state index in [1.807, 2.05) is 6.07 Å². The first-order valence-electron chi connectivity index (χ1n) is 8.91. The van der Waals surface area contributed by atoms with Gasteiger partial charge in [-0.15, -0.1) is 0 Å². The summed E-state index contributed by atoms with van der Waals surface area (Å²) >= 11 is 0. The van der Waals surface area contributed by atoms with Crippen molar-refractivity contribution in [3.63, 3.8) is 0 Å². The van der Waals surface area contributed by atoms with E-state index in [0.29, 0.717) is 24.9 Å². The van der Waals surface area contributed by atoms with Crippen molar-refractivity contribution in [3.8, 4) is 0 Å². The highest BCUT2D eigenvalue weighted by atomic mass is 32.2. The Morgan fingerprint density at radius 2 is 1.81 bits per heavy atom. The maximum atomic E-state index is 12.2. The molecule has 7 nitrogen and oxygen atoms in total. The number of carbonyl (C=O) groups is 2. The third-order valence-corrected chi connectivity index (χ3v) is 5.28. The van der Waals surface area contributed by atoms with Gasteiger partial charge >= 0.3 is 5.97 Å². The van der Waals surface area contributed by atoms with Crippen LogP contribution in [0.5, 0.6) is 0 Å². The predicted molar refractivity (Wildman–Crippen MR) is 103 cm³/mol. The van der Waals surface area contributed by atoms with Crippen LogP contribution in [0.4, 0.5) is 0 Å². The van der Waals surface area contributed by atoms with E-state index >= 15 is 0 Å². The van der Waals surface area contributed by atoms with E-state index in [4.69, 9.17) is 4.74 Å². The van der Waals surface area contributed by atoms with Crippen molar-refractivity contribution in [1.29, 1.82) is 0 Å². The van der Waals surface area contributed by atoms with Gasteiger partial charge < -0.3 is 9.64 Å². The first kappa shape index (κ1) is 21.1. The summed E-state index contributed by atoms with van der Waals surface area (Å²) in [6.45, 7) is 4.57. The van der Waals surface area contributed by atoms with Crippen molar-refractivity contribution in [2.45, 2.75) is 20.3 Å². The first-order chi connectivity index (χ1) is 12.7. The number of nitrogens with one attached hydrogen (secondary N) is 1. The van der Waals surface area contributed by atoms with E-state index in [0.717, 1.165) is 17.4 Å². The average Bonchev–Trinajstić information content (AvgIpc) is 2.63. The van der Waals surface area contributed by atoms with Crippen LogP contribution in [0.15, 0.2) is 35.7 Å². The lowest BCUT2D eigenvalue weighted by Gasteiger charge is -2.34. The lowest BCUT2D eigenvalue weighted by Crippen LogP contribution is -2.44. The molecule has 27 heavy (non-hydrogen) atoms. The Kier molecular flexibility index (Phi) is 7.55. The number of amides is 1. The van der Waals surface area contributed by atoms with Crippen molar-refractivity contribution < 1.29 is 22.7 Å². The van der Waals surface area contributed by atoms with E-state index in [2.05, 4.69) is 18.6 Å². The fourth-order valence-corrected chi connectivity index (χ4v) is 3.84. The molecule has 1 saturated heterocycles. The third-order valence-electron chi connectivity index (χ3n) is 4.24. The van der Waals surface area contributed by atoms with Gasteiger partial charge in [0.15, 0.2) is 6.61 Å². The van der Waals surface area contributed by atoms with Gasteiger partial charge in [0.25, 0.3) is 5.91 Å². The number of benzene rings is 1. The molecule has 1 amide bonds. The predicted octanol–water partition coefficient (Wildman–Crippen LogP) is 1.62. The summed E-state index contributed by atoms with van der Waals surface area (Å²) < 4.78 is 30.8. The SMILES string of the molecule is CC1CC(C)CN(C(=O)COC(=O)CNS(=O)(=O)C=Cc2ccccc2)C1. The summed E-state index contributed by atoms with van der Waals surface area (Å²) in [4.78, 5) is 25.6. The second-order valence-corrected chi connectivity index (χ2v) is 8.64. The average molecular weight is 394 g/mol. The van der Waals surface area contributed by atoms with Gasteiger partial charge in [0, 0.05) is 18.5 Å². The fourth-order valence-electron chi connectivity index (χ4n) is 3.09. The van der Waals surface area contributed by atoms with Gasteiger partial charge in [-0.3, -0.25) is 9.59 Å². The van der Waals surface area contributed by atoms with Crippen molar-refractivity contribution in [2.75, 3.05) is 26.2 Å². The molecule has 0 aliphatic carbocycles. The molecule has 148 valence electrons. The third kappa shape index (κ3) is 7.52. The van der Waals surface area contributed by atoms with Crippen LogP contribution in [-0.4, -0.2) is 51.4 Å². The summed E-state index contributed by atoms with van der Waals surface area (Å²) in [5.41, 5.74) is 0.723. The van der Waals surface area contributed by atoms with Gasteiger partial charge in [0.2, 0.25) is 10.0 Å². The minimum absolute atomic E-state index is 0.256. The van der Waals surface area contributed by atoms with Gasteiger partial charge in [-0.1, -0.05) is 44.2 Å². The maximum absolute atomic E-state index is 12.2. The normalized spacial score (nSPS) is 20.6. The molecule has 2 unspecified atom stereocenters. The fraction of sp³-hybridized carbons (Fsp3) is 0.474. The van der Waals surface area contributed by atoms with Gasteiger partial charge in [-0.2, -0.15) is 0 Å². The molecule has 0 aromatic heterocycles. The number of hydrogen-bond donors (Lipinski definition) is 1. The molecule has 1 N–H and O–H groups in total. The molecule has 1 fully saturated rings. The largest absolute Gasteiger partial charge is 0.455 e. The molecule has 8 heteroatoms. The smallest absolute Gasteiger partial charge is 0.321 e. The summed E-state index contributed by atoms with van der Waals surface area (Å²) in [6, 6.07) is 8.92. The molecule has 2 atom stereocenters. The van der Waals surface area contributed by atoms with Crippen molar-refractivity contribution in [1.82, 2.24) is 9.62 Å². The van der Waals surface area contributed by atoms with Gasteiger partial charge in [0.05, 0.1) is 0 Å². The topological polar surface area (TPSA) is 92.8 Å². The Balaban J connectivity index is 1.75. The van der Waals surface area contributed by atoms with Crippen LogP contribution in [-0.2, 0) is 24.3 Å². The Labute approximate surface area is 160 Å². The van der Waals surface area contributed by atoms with Gasteiger partial charge in [0.1, 0.15) is 6.54 Å². The highest BCUT2D eigenvalue weighted by molar-refractivity contribution is 7.92. The van der Waals surface area contributed by atoms with Gasteiger partial charge in [-0.05, 0) is 29.9 Å². The summed E-state index contributed by atoms with van der Waals surface area (Å²) in [7, 11) is -3.78. The van der Waals surface area contributed by atoms with Crippen LogP contribution in [0, 0.1) is 11.8 Å². The quantitative estimate of drug-likeness (QED) is 0.710. The zero-order valence-electron chi connectivity index (χ0n) is 15.6. The Hall–Kier alpha value is -2.19. The molecule has 0 bridgehead atoms. The van der Waals surface area contributed by atoms with E-state index < -0.39 is 22.5 Å². The second-order valence-electron chi connectivity index (χ2n) is 6.99. The minimum Gasteiger partial charge on any atom is -0.455 e. The summed E-state index contributed by atoms with van der Waals surface area (Å²) in [6.07, 6.45) is 2.50. The summed E-state index contributed by atoms with van der Waals surface area (Å²) in [5, 5.41) is 0.983. The molecule has 1 heterocycles. The molecule has 0 radical (unpaired) electrons. The number of piperidine rings is 1. The number of rotatable bonds is 7. The lowest BCUT2D eigenvalue weighted by molar-refractivity contribution is -0.152. The Bertz CT molecular complexity index is 767. The molecular weight excluding hydrogens is 368 g/mol. The molecule has 0 saturated carbocycles. The van der Waals surface area contributed by atoms with Crippen LogP contribution in [0.25, 0.3) is 6.08 Å². The monoisotopic (exact) mass is 394 g/mol. The second kappa shape index (κ2) is 9.66. The molecule has 2 rings (SSSR count). The van der Waals surface area contributed by atoms with Crippen LogP contribution >= 0.6 is 0 Å². The number of ether oxygens (including phenoxy) is 1.